The molecule has 1 atom stereocenters. The molecule has 3 amide bonds. The van der Waals surface area contributed by atoms with Gasteiger partial charge in [-0.3, -0.25) is 4.79 Å². The number of nitrogens with one attached hydrogen (secondary N) is 3. The smallest absolute Gasteiger partial charge is 0.319 e. The summed E-state index contributed by atoms with van der Waals surface area (Å²) in [7, 11) is -3.47. The molecule has 2 aromatic rings. The van der Waals surface area contributed by atoms with Crippen molar-refractivity contribution < 1.29 is 18.0 Å². The van der Waals surface area contributed by atoms with E-state index in [1.165, 1.54) is 4.31 Å². The van der Waals surface area contributed by atoms with Crippen LogP contribution < -0.4 is 16.0 Å². The highest BCUT2D eigenvalue weighted by Crippen LogP contribution is 2.20. The summed E-state index contributed by atoms with van der Waals surface area (Å²) >= 11 is 0. The molecular weight excluding hydrogens is 416 g/mol. The van der Waals surface area contributed by atoms with Gasteiger partial charge in [0.25, 0.3) is 0 Å². The van der Waals surface area contributed by atoms with Crippen LogP contribution in [0.15, 0.2) is 59.5 Å². The molecule has 9 heteroatoms. The van der Waals surface area contributed by atoms with Crippen LogP contribution in [-0.4, -0.2) is 43.8 Å². The third-order valence-electron chi connectivity index (χ3n) is 5.12. The van der Waals surface area contributed by atoms with Crippen LogP contribution in [0.1, 0.15) is 31.7 Å². The van der Waals surface area contributed by atoms with Crippen LogP contribution >= 0.6 is 0 Å². The summed E-state index contributed by atoms with van der Waals surface area (Å²) in [5.41, 5.74) is 1.40. The molecule has 166 valence electrons. The number of piperidine rings is 1. The van der Waals surface area contributed by atoms with E-state index in [2.05, 4.69) is 16.0 Å². The van der Waals surface area contributed by atoms with Gasteiger partial charge in [0, 0.05) is 25.3 Å². The van der Waals surface area contributed by atoms with E-state index in [4.69, 9.17) is 0 Å². The summed E-state index contributed by atoms with van der Waals surface area (Å²) in [5, 5.41) is 7.99. The maximum Gasteiger partial charge on any atom is 0.319 e. The predicted molar refractivity (Wildman–Crippen MR) is 119 cm³/mol. The maximum atomic E-state index is 12.7. The number of rotatable bonds is 7. The Morgan fingerprint density at radius 3 is 2.26 bits per heavy atom. The summed E-state index contributed by atoms with van der Waals surface area (Å²) in [6.07, 6.45) is 2.84. The number of amides is 3. The minimum absolute atomic E-state index is 0.231. The Morgan fingerprint density at radius 1 is 0.968 bits per heavy atom. The highest BCUT2D eigenvalue weighted by atomic mass is 32.2. The summed E-state index contributed by atoms with van der Waals surface area (Å²) in [6, 6.07) is 14.3. The molecule has 1 saturated heterocycles. The largest absolute Gasteiger partial charge is 0.350 e. The number of nitrogens with zero attached hydrogens (tertiary/aromatic N) is 1. The van der Waals surface area contributed by atoms with E-state index in [0.29, 0.717) is 18.8 Å². The lowest BCUT2D eigenvalue weighted by atomic mass is 10.2. The summed E-state index contributed by atoms with van der Waals surface area (Å²) in [4.78, 5) is 24.5. The Morgan fingerprint density at radius 2 is 1.61 bits per heavy atom. The second-order valence-corrected chi connectivity index (χ2v) is 9.45. The average molecular weight is 445 g/mol. The van der Waals surface area contributed by atoms with Gasteiger partial charge in [-0.15, -0.1) is 0 Å². The predicted octanol–water partition coefficient (Wildman–Crippen LogP) is 2.69. The highest BCUT2D eigenvalue weighted by Gasteiger charge is 2.25. The number of benzene rings is 2. The van der Waals surface area contributed by atoms with Gasteiger partial charge < -0.3 is 16.0 Å². The first-order valence-corrected chi connectivity index (χ1v) is 11.8. The minimum atomic E-state index is -3.47. The minimum Gasteiger partial charge on any atom is -0.350 e. The fraction of sp³-hybridized carbons (Fsp3) is 0.364. The number of anilines is 1. The van der Waals surface area contributed by atoms with Crippen LogP contribution in [0.5, 0.6) is 0 Å². The van der Waals surface area contributed by atoms with Gasteiger partial charge in [0.05, 0.1) is 4.90 Å². The number of urea groups is 1. The third-order valence-corrected chi connectivity index (χ3v) is 7.03. The molecule has 2 aromatic carbocycles. The first-order chi connectivity index (χ1) is 14.9. The van der Waals surface area contributed by atoms with Gasteiger partial charge in [0.2, 0.25) is 15.9 Å². The standard InChI is InChI=1S/C22H28N4O4S/c1-17(24-22(28)25-19-8-4-2-5-9-19)21(27)23-16-18-10-12-20(13-11-18)31(29,30)26-14-6-3-7-15-26/h2,4-5,8-13,17H,3,6-7,14-16H2,1H3,(H,23,27)(H2,24,25,28). The van der Waals surface area contributed by atoms with Gasteiger partial charge in [0.1, 0.15) is 6.04 Å². The van der Waals surface area contributed by atoms with Gasteiger partial charge in [-0.2, -0.15) is 4.31 Å². The number of carbonyl (C=O) groups is 2. The Hall–Kier alpha value is -2.91. The van der Waals surface area contributed by atoms with E-state index in [-0.39, 0.29) is 17.3 Å². The molecule has 1 fully saturated rings. The van der Waals surface area contributed by atoms with Gasteiger partial charge in [0.15, 0.2) is 0 Å². The fourth-order valence-electron chi connectivity index (χ4n) is 3.33. The number of hydrogen-bond acceptors (Lipinski definition) is 4. The Balaban J connectivity index is 1.49. The van der Waals surface area contributed by atoms with E-state index in [1.807, 2.05) is 6.07 Å². The zero-order valence-electron chi connectivity index (χ0n) is 17.5. The van der Waals surface area contributed by atoms with Crippen LogP contribution in [0.25, 0.3) is 0 Å². The van der Waals surface area contributed by atoms with Crippen LogP contribution in [-0.2, 0) is 21.4 Å². The van der Waals surface area contributed by atoms with Gasteiger partial charge >= 0.3 is 6.03 Å². The molecule has 8 nitrogen and oxygen atoms in total. The second kappa shape index (κ2) is 10.4. The normalized spacial score (nSPS) is 15.6. The van der Waals surface area contributed by atoms with Crippen molar-refractivity contribution in [2.24, 2.45) is 0 Å². The quantitative estimate of drug-likeness (QED) is 0.610. The summed E-state index contributed by atoms with van der Waals surface area (Å²) in [5.74, 6) is -0.340. The van der Waals surface area contributed by atoms with E-state index in [0.717, 1.165) is 24.8 Å². The molecule has 3 N–H and O–H groups in total. The zero-order chi connectivity index (χ0) is 22.3. The third kappa shape index (κ3) is 6.28. The molecule has 0 spiro atoms. The highest BCUT2D eigenvalue weighted by molar-refractivity contribution is 7.89. The van der Waals surface area contributed by atoms with Crippen molar-refractivity contribution in [3.8, 4) is 0 Å². The van der Waals surface area contributed by atoms with Crippen molar-refractivity contribution in [1.82, 2.24) is 14.9 Å². The number of sulfonamides is 1. The Kier molecular flexibility index (Phi) is 7.64. The lowest BCUT2D eigenvalue weighted by Crippen LogP contribution is -2.46. The van der Waals surface area contributed by atoms with Crippen molar-refractivity contribution in [2.45, 2.75) is 43.7 Å². The molecule has 1 aliphatic heterocycles. The first-order valence-electron chi connectivity index (χ1n) is 10.4. The summed E-state index contributed by atoms with van der Waals surface area (Å²) in [6.45, 7) is 2.94. The van der Waals surface area contributed by atoms with Crippen LogP contribution in [0.2, 0.25) is 0 Å². The molecule has 0 aliphatic carbocycles. The zero-order valence-corrected chi connectivity index (χ0v) is 18.3. The van der Waals surface area contributed by atoms with Crippen molar-refractivity contribution >= 4 is 27.6 Å². The molecule has 0 radical (unpaired) electrons. The van der Waals surface area contributed by atoms with E-state index >= 15 is 0 Å². The molecule has 1 aliphatic rings. The molecule has 1 unspecified atom stereocenters. The summed E-state index contributed by atoms with van der Waals surface area (Å²) < 4.78 is 26.9. The number of carbonyl (C=O) groups excluding carboxylic acids is 2. The second-order valence-electron chi connectivity index (χ2n) is 7.51. The van der Waals surface area contributed by atoms with Crippen LogP contribution in [0.4, 0.5) is 10.5 Å². The maximum absolute atomic E-state index is 12.7. The van der Waals surface area contributed by atoms with E-state index in [1.54, 1.807) is 55.5 Å². The van der Waals surface area contributed by atoms with Gasteiger partial charge in [-0.25, -0.2) is 13.2 Å². The molecule has 31 heavy (non-hydrogen) atoms. The SMILES string of the molecule is CC(NC(=O)Nc1ccccc1)C(=O)NCc1ccc(S(=O)(=O)N2CCCCC2)cc1. The molecule has 0 bridgehead atoms. The Bertz CT molecular complexity index is 988. The van der Waals surface area contributed by atoms with Crippen LogP contribution in [0.3, 0.4) is 0 Å². The Labute approximate surface area is 183 Å². The topological polar surface area (TPSA) is 108 Å². The number of para-hydroxylation sites is 1. The van der Waals surface area contributed by atoms with Crippen molar-refractivity contribution in [1.29, 1.82) is 0 Å². The molecule has 0 aromatic heterocycles. The first kappa shape index (κ1) is 22.8. The molecule has 1 heterocycles. The molecule has 0 saturated carbocycles. The van der Waals surface area contributed by atoms with Gasteiger partial charge in [-0.05, 0) is 49.6 Å². The lowest BCUT2D eigenvalue weighted by Gasteiger charge is -2.25. The average Bonchev–Trinajstić information content (AvgIpc) is 2.79. The van der Waals surface area contributed by atoms with Gasteiger partial charge in [-0.1, -0.05) is 36.8 Å². The van der Waals surface area contributed by atoms with Crippen molar-refractivity contribution in [3.63, 3.8) is 0 Å². The van der Waals surface area contributed by atoms with Crippen molar-refractivity contribution in [2.75, 3.05) is 18.4 Å². The fourth-order valence-corrected chi connectivity index (χ4v) is 4.84. The monoisotopic (exact) mass is 444 g/mol. The van der Waals surface area contributed by atoms with Crippen molar-refractivity contribution in [3.05, 3.63) is 60.2 Å². The van der Waals surface area contributed by atoms with Crippen LogP contribution in [0, 0.1) is 0 Å². The number of hydrogen-bond donors (Lipinski definition) is 3. The lowest BCUT2D eigenvalue weighted by molar-refractivity contribution is -0.122. The molecule has 3 rings (SSSR count). The molecular formula is C22H28N4O4S. The van der Waals surface area contributed by atoms with E-state index < -0.39 is 22.1 Å². The van der Waals surface area contributed by atoms with E-state index in [9.17, 15) is 18.0 Å².